The van der Waals surface area contributed by atoms with E-state index in [4.69, 9.17) is 4.74 Å². The van der Waals surface area contributed by atoms with Crippen molar-refractivity contribution in [2.75, 3.05) is 26.2 Å². The van der Waals surface area contributed by atoms with Crippen molar-refractivity contribution in [3.8, 4) is 5.75 Å². The Labute approximate surface area is 289 Å². The summed E-state index contributed by atoms with van der Waals surface area (Å²) in [7, 11) is 0. The Hall–Kier alpha value is -3.15. The Balaban J connectivity index is 0.926. The third-order valence-corrected chi connectivity index (χ3v) is 12.2. The smallest absolute Gasteiger partial charge is 0.253 e. The van der Waals surface area contributed by atoms with Gasteiger partial charge < -0.3 is 14.5 Å². The fourth-order valence-corrected chi connectivity index (χ4v) is 8.94. The van der Waals surface area contributed by atoms with Crippen LogP contribution in [0.2, 0.25) is 0 Å². The molecule has 6 rings (SSSR count). The summed E-state index contributed by atoms with van der Waals surface area (Å²) in [5, 5.41) is 0. The van der Waals surface area contributed by atoms with E-state index in [0.29, 0.717) is 30.1 Å². The normalized spacial score (nSPS) is 24.8. The lowest BCUT2D eigenvalue weighted by Gasteiger charge is -2.40. The molecule has 2 aromatic rings. The topological polar surface area (TPSA) is 66.9 Å². The number of hydrogen-bond acceptors (Lipinski definition) is 4. The van der Waals surface area contributed by atoms with Crippen molar-refractivity contribution < 1.29 is 19.1 Å². The van der Waals surface area contributed by atoms with Gasteiger partial charge >= 0.3 is 0 Å². The molecule has 4 fully saturated rings. The molecule has 6 nitrogen and oxygen atoms in total. The van der Waals surface area contributed by atoms with Gasteiger partial charge in [-0.2, -0.15) is 0 Å². The minimum atomic E-state index is 0.0160. The highest BCUT2D eigenvalue weighted by atomic mass is 16.5. The lowest BCUT2D eigenvalue weighted by atomic mass is 9.82. The highest BCUT2D eigenvalue weighted by molar-refractivity contribution is 5.97. The minimum Gasteiger partial charge on any atom is -0.488 e. The molecular formula is C42H58N2O4. The molecule has 260 valence electrons. The summed E-state index contributed by atoms with van der Waals surface area (Å²) in [6.45, 7) is 7.40. The van der Waals surface area contributed by atoms with Crippen LogP contribution in [0, 0.1) is 29.6 Å². The van der Waals surface area contributed by atoms with Crippen LogP contribution in [0.25, 0.3) is 0 Å². The fourth-order valence-electron chi connectivity index (χ4n) is 8.94. The van der Waals surface area contributed by atoms with Gasteiger partial charge in [-0.05, 0) is 80.0 Å². The highest BCUT2D eigenvalue weighted by Gasteiger charge is 2.34. The van der Waals surface area contributed by atoms with Crippen LogP contribution < -0.4 is 4.74 Å². The largest absolute Gasteiger partial charge is 0.488 e. The van der Waals surface area contributed by atoms with Gasteiger partial charge in [0.05, 0.1) is 6.54 Å². The number of hydrogen-bond donors (Lipinski definition) is 0. The minimum absolute atomic E-state index is 0.0160. The van der Waals surface area contributed by atoms with Crippen LogP contribution in [0.1, 0.15) is 130 Å². The van der Waals surface area contributed by atoms with Gasteiger partial charge in [0, 0.05) is 49.0 Å². The fraction of sp³-hybridized carbons (Fsp3) is 0.643. The molecule has 2 amide bonds. The zero-order valence-corrected chi connectivity index (χ0v) is 29.5. The Bertz CT molecular complexity index is 1380. The third-order valence-electron chi connectivity index (χ3n) is 12.2. The van der Waals surface area contributed by atoms with Crippen molar-refractivity contribution in [2.24, 2.45) is 29.6 Å². The summed E-state index contributed by atoms with van der Waals surface area (Å²) < 4.78 is 6.46. The predicted molar refractivity (Wildman–Crippen MR) is 191 cm³/mol. The SMILES string of the molecule is CCc1cc(C(=O)N2CC(CCC3CCCC(C(C)C(=O)c4ccccc4)CC3)C2)ccc1OC1CCN(C(=O)C2CCCCCC2)C1. The van der Waals surface area contributed by atoms with Crippen LogP contribution in [0.15, 0.2) is 48.5 Å². The molecule has 2 saturated heterocycles. The molecule has 4 aliphatic rings. The highest BCUT2D eigenvalue weighted by Crippen LogP contribution is 2.37. The Morgan fingerprint density at radius 1 is 0.750 bits per heavy atom. The number of benzene rings is 2. The number of ether oxygens (including phenoxy) is 1. The first-order chi connectivity index (χ1) is 23.4. The van der Waals surface area contributed by atoms with Crippen LogP contribution in [0.5, 0.6) is 5.75 Å². The van der Waals surface area contributed by atoms with Gasteiger partial charge in [0.25, 0.3) is 5.91 Å². The standard InChI is InChI=1S/C42H58N2O4/c1-3-33-26-37(22-23-39(33)48-38-24-25-43(29-38)41(46)36-15-7-4-5-8-16-36)42(47)44-27-32(28-44)19-18-31-12-11-17-34(21-20-31)30(2)40(45)35-13-9-6-10-14-35/h6,9-10,13-14,22-23,26,30-32,34,36,38H,3-5,7-8,11-12,15-21,24-25,27-29H2,1-2H3. The van der Waals surface area contributed by atoms with Crippen molar-refractivity contribution in [1.82, 2.24) is 9.80 Å². The Morgan fingerprint density at radius 2 is 1.50 bits per heavy atom. The zero-order chi connectivity index (χ0) is 33.5. The number of rotatable bonds is 11. The monoisotopic (exact) mass is 654 g/mol. The molecule has 0 spiro atoms. The molecule has 0 N–H and O–H groups in total. The summed E-state index contributed by atoms with van der Waals surface area (Å²) in [5.74, 6) is 3.70. The summed E-state index contributed by atoms with van der Waals surface area (Å²) in [5.41, 5.74) is 2.67. The van der Waals surface area contributed by atoms with Gasteiger partial charge in [-0.25, -0.2) is 0 Å². The molecule has 48 heavy (non-hydrogen) atoms. The lowest BCUT2D eigenvalue weighted by Crippen LogP contribution is -2.50. The average molecular weight is 655 g/mol. The van der Waals surface area contributed by atoms with Gasteiger partial charge in [0.2, 0.25) is 5.91 Å². The zero-order valence-electron chi connectivity index (χ0n) is 29.5. The molecule has 0 radical (unpaired) electrons. The number of nitrogens with zero attached hydrogens (tertiary/aromatic N) is 2. The Kier molecular flexibility index (Phi) is 11.9. The first-order valence-electron chi connectivity index (χ1n) is 19.4. The van der Waals surface area contributed by atoms with E-state index < -0.39 is 0 Å². The molecule has 0 bridgehead atoms. The first-order valence-corrected chi connectivity index (χ1v) is 19.4. The van der Waals surface area contributed by atoms with E-state index >= 15 is 0 Å². The van der Waals surface area contributed by atoms with E-state index in [0.717, 1.165) is 86.5 Å². The molecule has 2 aromatic carbocycles. The molecular weight excluding hydrogens is 596 g/mol. The van der Waals surface area contributed by atoms with E-state index in [1.165, 1.54) is 57.8 Å². The van der Waals surface area contributed by atoms with Gasteiger partial charge in [-0.15, -0.1) is 0 Å². The second-order valence-corrected chi connectivity index (χ2v) is 15.5. The number of likely N-dealkylation sites (tertiary alicyclic amines) is 2. The average Bonchev–Trinajstić information content (AvgIpc) is 3.26. The maximum absolute atomic E-state index is 13.4. The molecule has 4 atom stereocenters. The maximum atomic E-state index is 13.4. The van der Waals surface area contributed by atoms with E-state index in [9.17, 15) is 14.4 Å². The van der Waals surface area contributed by atoms with Gasteiger partial charge in [0.1, 0.15) is 11.9 Å². The van der Waals surface area contributed by atoms with E-state index in [1.54, 1.807) is 0 Å². The van der Waals surface area contributed by atoms with E-state index in [1.807, 2.05) is 58.3 Å². The van der Waals surface area contributed by atoms with Gasteiger partial charge in [-0.3, -0.25) is 14.4 Å². The lowest BCUT2D eigenvalue weighted by molar-refractivity contribution is -0.135. The van der Waals surface area contributed by atoms with Crippen molar-refractivity contribution in [2.45, 2.75) is 116 Å². The van der Waals surface area contributed by atoms with Crippen molar-refractivity contribution >= 4 is 17.6 Å². The summed E-state index contributed by atoms with van der Waals surface area (Å²) >= 11 is 0. The number of ketones is 1. The first kappa shape index (κ1) is 34.7. The molecule has 2 aliphatic heterocycles. The molecule has 2 saturated carbocycles. The number of Topliss-reactive ketones (excluding diaryl/α,β-unsaturated/α-hetero) is 1. The number of amides is 2. The third kappa shape index (κ3) is 8.52. The van der Waals surface area contributed by atoms with Crippen LogP contribution in [-0.2, 0) is 11.2 Å². The second kappa shape index (κ2) is 16.5. The summed E-state index contributed by atoms with van der Waals surface area (Å²) in [4.78, 5) is 43.7. The van der Waals surface area contributed by atoms with E-state index in [2.05, 4.69) is 13.8 Å². The van der Waals surface area contributed by atoms with Crippen molar-refractivity contribution in [3.05, 3.63) is 65.2 Å². The quantitative estimate of drug-likeness (QED) is 0.180. The molecule has 6 heteroatoms. The maximum Gasteiger partial charge on any atom is 0.253 e. The number of aryl methyl sites for hydroxylation is 1. The van der Waals surface area contributed by atoms with Crippen molar-refractivity contribution in [3.63, 3.8) is 0 Å². The summed E-state index contributed by atoms with van der Waals surface area (Å²) in [6.07, 6.45) is 17.1. The van der Waals surface area contributed by atoms with Crippen LogP contribution >= 0.6 is 0 Å². The molecule has 2 aliphatic carbocycles. The van der Waals surface area contributed by atoms with E-state index in [-0.39, 0.29) is 23.8 Å². The molecule has 0 aromatic heterocycles. The van der Waals surface area contributed by atoms with Crippen LogP contribution in [0.3, 0.4) is 0 Å². The molecule has 2 heterocycles. The van der Waals surface area contributed by atoms with Gasteiger partial charge in [-0.1, -0.05) is 95.5 Å². The number of carbonyl (C=O) groups is 3. The second-order valence-electron chi connectivity index (χ2n) is 15.5. The number of carbonyl (C=O) groups excluding carboxylic acids is 3. The van der Waals surface area contributed by atoms with Crippen LogP contribution in [-0.4, -0.2) is 59.7 Å². The molecule has 4 unspecified atom stereocenters. The van der Waals surface area contributed by atoms with Crippen LogP contribution in [0.4, 0.5) is 0 Å². The Morgan fingerprint density at radius 3 is 2.25 bits per heavy atom. The summed E-state index contributed by atoms with van der Waals surface area (Å²) in [6, 6.07) is 15.7. The van der Waals surface area contributed by atoms with Gasteiger partial charge in [0.15, 0.2) is 5.78 Å². The van der Waals surface area contributed by atoms with Crippen molar-refractivity contribution in [1.29, 1.82) is 0 Å². The predicted octanol–water partition coefficient (Wildman–Crippen LogP) is 8.77.